The summed E-state index contributed by atoms with van der Waals surface area (Å²) in [5.74, 6) is 0.721. The Balaban J connectivity index is 1.87. The number of aryl methyl sites for hydroxylation is 1. The molecule has 0 bridgehead atoms. The average Bonchev–Trinajstić information content (AvgIpc) is 3.21. The quantitative estimate of drug-likeness (QED) is 0.571. The SMILES string of the molecule is COc1ccc(C2CC(=O)Nc3c(S(=O)(=O)c4cccc(C)c4)csc32)c(OC)c1OC. The van der Waals surface area contributed by atoms with Crippen LogP contribution in [0.15, 0.2) is 51.6 Å². The summed E-state index contributed by atoms with van der Waals surface area (Å²) in [6.45, 7) is 1.84. The summed E-state index contributed by atoms with van der Waals surface area (Å²) in [6, 6.07) is 10.3. The third-order valence-corrected chi connectivity index (χ3v) is 8.48. The monoisotopic (exact) mass is 473 g/mol. The van der Waals surface area contributed by atoms with E-state index in [9.17, 15) is 13.2 Å². The zero-order chi connectivity index (χ0) is 23.0. The van der Waals surface area contributed by atoms with Crippen molar-refractivity contribution < 1.29 is 27.4 Å². The Morgan fingerprint density at radius 3 is 2.44 bits per heavy atom. The molecule has 32 heavy (non-hydrogen) atoms. The van der Waals surface area contributed by atoms with Gasteiger partial charge in [0.1, 0.15) is 4.90 Å². The van der Waals surface area contributed by atoms with Crippen molar-refractivity contribution in [1.29, 1.82) is 0 Å². The first-order valence-corrected chi connectivity index (χ1v) is 12.2. The van der Waals surface area contributed by atoms with E-state index in [2.05, 4.69) is 5.32 Å². The smallest absolute Gasteiger partial charge is 0.225 e. The lowest BCUT2D eigenvalue weighted by atomic mass is 9.89. The zero-order valence-corrected chi connectivity index (χ0v) is 19.7. The molecule has 9 heteroatoms. The molecule has 1 atom stereocenters. The summed E-state index contributed by atoms with van der Waals surface area (Å²) in [4.78, 5) is 13.7. The van der Waals surface area contributed by atoms with Gasteiger partial charge in [-0.2, -0.15) is 0 Å². The lowest BCUT2D eigenvalue weighted by Gasteiger charge is -2.26. The minimum absolute atomic E-state index is 0.0978. The Labute approximate surface area is 190 Å². The lowest BCUT2D eigenvalue weighted by molar-refractivity contribution is -0.116. The summed E-state index contributed by atoms with van der Waals surface area (Å²) in [6.07, 6.45) is 0.156. The first kappa shape index (κ1) is 22.2. The van der Waals surface area contributed by atoms with Crippen LogP contribution in [0.25, 0.3) is 0 Å². The second-order valence-electron chi connectivity index (χ2n) is 7.39. The van der Waals surface area contributed by atoms with Crippen LogP contribution < -0.4 is 19.5 Å². The van der Waals surface area contributed by atoms with E-state index in [0.29, 0.717) is 22.9 Å². The van der Waals surface area contributed by atoms with Crippen molar-refractivity contribution in [3.8, 4) is 17.2 Å². The minimum atomic E-state index is -3.81. The summed E-state index contributed by atoms with van der Waals surface area (Å²) in [5.41, 5.74) is 1.89. The molecule has 2 aromatic carbocycles. The van der Waals surface area contributed by atoms with Crippen molar-refractivity contribution in [3.63, 3.8) is 0 Å². The molecule has 0 aliphatic carbocycles. The van der Waals surface area contributed by atoms with Gasteiger partial charge >= 0.3 is 0 Å². The molecule has 3 aromatic rings. The van der Waals surface area contributed by atoms with Crippen LogP contribution in [0, 0.1) is 6.92 Å². The van der Waals surface area contributed by atoms with E-state index in [1.165, 1.54) is 32.7 Å². The molecule has 1 amide bonds. The molecule has 0 spiro atoms. The Morgan fingerprint density at radius 1 is 1.03 bits per heavy atom. The number of fused-ring (bicyclic) bond motifs is 1. The summed E-state index contributed by atoms with van der Waals surface area (Å²) in [7, 11) is 0.760. The number of hydrogen-bond acceptors (Lipinski definition) is 7. The second kappa shape index (κ2) is 8.48. The van der Waals surface area contributed by atoms with E-state index in [-0.39, 0.29) is 28.0 Å². The molecule has 1 aromatic heterocycles. The molecule has 2 heterocycles. The Hall–Kier alpha value is -3.04. The molecular weight excluding hydrogens is 450 g/mol. The molecule has 7 nitrogen and oxygen atoms in total. The number of thiophene rings is 1. The minimum Gasteiger partial charge on any atom is -0.493 e. The van der Waals surface area contributed by atoms with Crippen molar-refractivity contribution in [1.82, 2.24) is 0 Å². The van der Waals surface area contributed by atoms with Crippen LogP contribution in [-0.2, 0) is 14.6 Å². The Morgan fingerprint density at radius 2 is 1.78 bits per heavy atom. The van der Waals surface area contributed by atoms with E-state index in [0.717, 1.165) is 16.0 Å². The highest BCUT2D eigenvalue weighted by atomic mass is 32.2. The van der Waals surface area contributed by atoms with Gasteiger partial charge in [0.25, 0.3) is 0 Å². The molecule has 0 saturated carbocycles. The van der Waals surface area contributed by atoms with E-state index in [1.807, 2.05) is 19.1 Å². The number of carbonyl (C=O) groups excluding carboxylic acids is 1. The van der Waals surface area contributed by atoms with Crippen molar-refractivity contribution >= 4 is 32.8 Å². The Bertz CT molecular complexity index is 1300. The topological polar surface area (TPSA) is 90.9 Å². The fourth-order valence-electron chi connectivity index (χ4n) is 3.96. The fraction of sp³-hybridized carbons (Fsp3) is 0.261. The number of sulfone groups is 1. The van der Waals surface area contributed by atoms with Crippen molar-refractivity contribution in [2.24, 2.45) is 0 Å². The molecule has 0 radical (unpaired) electrons. The van der Waals surface area contributed by atoms with Gasteiger partial charge in [0.2, 0.25) is 21.5 Å². The van der Waals surface area contributed by atoms with Crippen LogP contribution in [0.5, 0.6) is 17.2 Å². The zero-order valence-electron chi connectivity index (χ0n) is 18.1. The van der Waals surface area contributed by atoms with Gasteiger partial charge in [0.05, 0.1) is 31.9 Å². The molecule has 0 saturated heterocycles. The highest BCUT2D eigenvalue weighted by Gasteiger charge is 2.36. The van der Waals surface area contributed by atoms with Crippen LogP contribution >= 0.6 is 11.3 Å². The molecule has 1 N–H and O–H groups in total. The van der Waals surface area contributed by atoms with Gasteiger partial charge in [0, 0.05) is 28.2 Å². The first-order chi connectivity index (χ1) is 15.3. The van der Waals surface area contributed by atoms with Gasteiger partial charge in [-0.25, -0.2) is 8.42 Å². The predicted octanol–water partition coefficient (Wildman–Crippen LogP) is 4.39. The molecule has 1 aliphatic rings. The number of amides is 1. The highest BCUT2D eigenvalue weighted by molar-refractivity contribution is 7.91. The Kier molecular flexibility index (Phi) is 5.87. The van der Waals surface area contributed by atoms with E-state index in [4.69, 9.17) is 14.2 Å². The van der Waals surface area contributed by atoms with Gasteiger partial charge in [-0.1, -0.05) is 18.2 Å². The number of ether oxygens (including phenoxy) is 3. The maximum absolute atomic E-state index is 13.4. The van der Waals surface area contributed by atoms with E-state index < -0.39 is 9.84 Å². The van der Waals surface area contributed by atoms with Crippen LogP contribution in [0.1, 0.15) is 28.3 Å². The van der Waals surface area contributed by atoms with Crippen molar-refractivity contribution in [2.45, 2.75) is 29.1 Å². The van der Waals surface area contributed by atoms with Crippen LogP contribution in [0.3, 0.4) is 0 Å². The van der Waals surface area contributed by atoms with Gasteiger partial charge < -0.3 is 19.5 Å². The molecule has 1 unspecified atom stereocenters. The maximum Gasteiger partial charge on any atom is 0.225 e. The van der Waals surface area contributed by atoms with Crippen LogP contribution in [0.4, 0.5) is 5.69 Å². The normalized spacial score (nSPS) is 15.6. The molecular formula is C23H23NO6S2. The van der Waals surface area contributed by atoms with E-state index in [1.54, 1.807) is 29.6 Å². The number of methoxy groups -OCH3 is 3. The third kappa shape index (κ3) is 3.61. The van der Waals surface area contributed by atoms with Gasteiger partial charge in [-0.15, -0.1) is 11.3 Å². The summed E-state index contributed by atoms with van der Waals surface area (Å²) in [5, 5.41) is 4.37. The van der Waals surface area contributed by atoms with Gasteiger partial charge in [-0.05, 0) is 30.7 Å². The molecule has 1 aliphatic heterocycles. The van der Waals surface area contributed by atoms with Crippen molar-refractivity contribution in [2.75, 3.05) is 26.6 Å². The number of carbonyl (C=O) groups is 1. The number of rotatable bonds is 6. The maximum atomic E-state index is 13.4. The third-order valence-electron chi connectivity index (χ3n) is 5.46. The number of hydrogen-bond donors (Lipinski definition) is 1. The summed E-state index contributed by atoms with van der Waals surface area (Å²) < 4.78 is 43.2. The molecule has 0 fully saturated rings. The lowest BCUT2D eigenvalue weighted by Crippen LogP contribution is -2.23. The molecule has 168 valence electrons. The van der Waals surface area contributed by atoms with Gasteiger partial charge in [-0.3, -0.25) is 4.79 Å². The summed E-state index contributed by atoms with van der Waals surface area (Å²) >= 11 is 1.30. The van der Waals surface area contributed by atoms with E-state index >= 15 is 0 Å². The highest BCUT2D eigenvalue weighted by Crippen LogP contribution is 2.51. The average molecular weight is 474 g/mol. The largest absolute Gasteiger partial charge is 0.493 e. The number of benzene rings is 2. The fourth-order valence-corrected chi connectivity index (χ4v) is 6.96. The molecule has 4 rings (SSSR count). The number of nitrogens with one attached hydrogen (secondary N) is 1. The van der Waals surface area contributed by atoms with Gasteiger partial charge in [0.15, 0.2) is 11.5 Å². The number of anilines is 1. The van der Waals surface area contributed by atoms with Crippen LogP contribution in [-0.4, -0.2) is 35.7 Å². The first-order valence-electron chi connectivity index (χ1n) is 9.83. The van der Waals surface area contributed by atoms with Crippen molar-refractivity contribution in [3.05, 3.63) is 57.8 Å². The second-order valence-corrected chi connectivity index (χ2v) is 10.2. The predicted molar refractivity (Wildman–Crippen MR) is 122 cm³/mol. The van der Waals surface area contributed by atoms with Crippen LogP contribution in [0.2, 0.25) is 0 Å². The standard InChI is InChI=1S/C23H23NO6S2/c1-13-6-5-7-14(10-13)32(26,27)18-12-31-23-16(11-19(25)24-20(18)23)15-8-9-17(28-2)22(30-4)21(15)29-3/h5-10,12,16H,11H2,1-4H3,(H,24,25).